The van der Waals surface area contributed by atoms with Crippen molar-refractivity contribution in [1.29, 1.82) is 0 Å². The van der Waals surface area contributed by atoms with E-state index < -0.39 is 0 Å². The molecule has 33 rings (SSSR count). The first kappa shape index (κ1) is 85.3. The van der Waals surface area contributed by atoms with Gasteiger partial charge in [0.2, 0.25) is 6.71 Å². The van der Waals surface area contributed by atoms with Crippen LogP contribution >= 0.6 is 0 Å². The average molecular weight is 1890 g/mol. The lowest BCUT2D eigenvalue weighted by atomic mass is 9.24. The standard InChI is InChI=1S/C69H54B4N4.C63H49B4N3O/c1-40(2)43-36-45(41(3)4)63(46(37-43)42(5)6)72-47-24-10-16-30-55(47)74(44-22-8-7-9-23-44)61-39-62-54(38-53(61)72)73-52-29-15-20-34-59(52)76-58-33-19-12-26-49(58)70-48-25-11-17-31-56(48)75-57-32-18-13-27-50(57)71-51-28-14-21-35-60(51)77(62)69-65(71)67(75)64(70)68(76)66(69)73;1-35(2)38-31-39(36(3)4)57(40(32-38)37(5)6)67-46-24-12-18-30-55(46)71-56-34-54-47(33-48(56)67)66-45-23-11-16-28-52(45)69-51-27-15-8-20-42(51)64-41-19-7-13-25-49(41)68-50-26-14-9-21-43(50)65-44-22-10-17-29-53(44)70(54)63-59(65)61(68)58(64)62(69)60(63)66/h7-42H,1-6H3;7-37H,1-6H3. The third-order valence-electron chi connectivity index (χ3n) is 36.2. The van der Waals surface area contributed by atoms with E-state index in [1.807, 2.05) is 0 Å². The molecule has 0 amide bonds. The van der Waals surface area contributed by atoms with Crippen molar-refractivity contribution in [2.24, 2.45) is 0 Å². The Kier molecular flexibility index (Phi) is 17.8. The van der Waals surface area contributed by atoms with Crippen LogP contribution in [0.4, 0.5) is 119 Å². The zero-order chi connectivity index (χ0) is 98.6. The van der Waals surface area contributed by atoms with E-state index in [1.54, 1.807) is 0 Å². The average Bonchev–Trinajstić information content (AvgIpc) is 0.648. The van der Waals surface area contributed by atoms with Crippen molar-refractivity contribution in [2.45, 2.75) is 119 Å². The molecule has 696 valence electrons. The third-order valence-corrected chi connectivity index (χ3v) is 36.2. The van der Waals surface area contributed by atoms with Crippen molar-refractivity contribution in [3.8, 4) is 11.5 Å². The van der Waals surface area contributed by atoms with Crippen LogP contribution in [0.1, 0.15) is 152 Å². The lowest BCUT2D eigenvalue weighted by molar-refractivity contribution is 0.487. The van der Waals surface area contributed by atoms with Gasteiger partial charge >= 0.3 is 0 Å². The van der Waals surface area contributed by atoms with Crippen molar-refractivity contribution >= 4 is 304 Å². The van der Waals surface area contributed by atoms with Gasteiger partial charge in [-0.3, -0.25) is 0 Å². The Labute approximate surface area is 870 Å². The van der Waals surface area contributed by atoms with Gasteiger partial charge in [0.25, 0.3) is 47.0 Å². The Bertz CT molecular complexity index is 9060. The zero-order valence-electron chi connectivity index (χ0n) is 85.3. The fourth-order valence-corrected chi connectivity index (χ4v) is 30.4. The maximum atomic E-state index is 7.31. The second-order valence-electron chi connectivity index (χ2n) is 45.6. The molecule has 19 aromatic carbocycles. The third kappa shape index (κ3) is 11.0. The van der Waals surface area contributed by atoms with Gasteiger partial charge in [-0.05, 0) is 280 Å². The second-order valence-corrected chi connectivity index (χ2v) is 45.6. The summed E-state index contributed by atoms with van der Waals surface area (Å²) in [5, 5.41) is 0. The highest BCUT2D eigenvalue weighted by Gasteiger charge is 2.62. The van der Waals surface area contributed by atoms with Crippen molar-refractivity contribution in [3.05, 3.63) is 403 Å². The van der Waals surface area contributed by atoms with Crippen molar-refractivity contribution in [3.63, 3.8) is 0 Å². The van der Waals surface area contributed by atoms with E-state index in [9.17, 15) is 0 Å². The molecule has 0 saturated heterocycles. The summed E-state index contributed by atoms with van der Waals surface area (Å²) >= 11 is 0. The van der Waals surface area contributed by atoms with Crippen LogP contribution in [0.2, 0.25) is 0 Å². The molecule has 0 fully saturated rings. The minimum absolute atomic E-state index is 0.0157. The largest absolute Gasteiger partial charge is 0.458 e. The maximum absolute atomic E-state index is 7.31. The fourth-order valence-electron chi connectivity index (χ4n) is 30.4. The highest BCUT2D eigenvalue weighted by Crippen LogP contribution is 2.57. The van der Waals surface area contributed by atoms with Gasteiger partial charge in [0.15, 0.2) is 0 Å². The molecule has 0 aliphatic carbocycles. The fraction of sp³-hybridized carbons (Fsp3) is 0.136. The van der Waals surface area contributed by atoms with Gasteiger partial charge in [-0.2, -0.15) is 0 Å². The second kappa shape index (κ2) is 30.9. The van der Waals surface area contributed by atoms with E-state index in [1.165, 1.54) is 284 Å². The number of hydrogen-bond acceptors (Lipinski definition) is 8. The highest BCUT2D eigenvalue weighted by atomic mass is 16.5. The van der Waals surface area contributed by atoms with E-state index >= 15 is 0 Å². The minimum atomic E-state index is -0.0504. The van der Waals surface area contributed by atoms with Crippen molar-refractivity contribution < 1.29 is 4.74 Å². The molecule has 0 unspecified atom stereocenters. The Morgan fingerprint density at radius 2 is 0.358 bits per heavy atom. The van der Waals surface area contributed by atoms with Crippen LogP contribution in [0.25, 0.3) is 0 Å². The van der Waals surface area contributed by atoms with Crippen LogP contribution < -0.4 is 170 Å². The summed E-state index contributed by atoms with van der Waals surface area (Å²) in [6, 6.07) is 143. The quantitative estimate of drug-likeness (QED) is 0.132. The summed E-state index contributed by atoms with van der Waals surface area (Å²) < 4.78 is 7.31. The van der Waals surface area contributed by atoms with Crippen LogP contribution in [0.3, 0.4) is 0 Å². The SMILES string of the molecule is CC(C)c1cc(C(C)C)c(B2c3ccccc3N(c3ccccc3)c3cc4c(cc32)B2c3ccccc3N3c5ccccc5B5c6ccccc6N6c7ccccc7B7c8ccccc8N4c4c7c6c5c3c42)c(C(C)C)c1.CC(C)c1cc(C(C)C)c(B2c3ccccc3Oc3cc4c(cc32)B2c3ccccc3N3c5ccccc5B5c6ccccc6N6c7ccccc7B7c8ccccc8N4c4c7c6c5c3c42)c(C(C)C)c1. The summed E-state index contributed by atoms with van der Waals surface area (Å²) in [4.78, 5) is 18.7. The van der Waals surface area contributed by atoms with Gasteiger partial charge < -0.3 is 39.0 Å². The van der Waals surface area contributed by atoms with Gasteiger partial charge in [0, 0.05) is 126 Å². The molecular weight excluding hydrogens is 1790 g/mol. The molecule has 19 aromatic rings. The van der Waals surface area contributed by atoms with Gasteiger partial charge in [-0.1, -0.05) is 367 Å². The topological polar surface area (TPSA) is 31.9 Å². The summed E-state index contributed by atoms with van der Waals surface area (Å²) in [5.74, 6) is 4.05. The molecule has 0 radical (unpaired) electrons. The number of benzene rings is 19. The maximum Gasteiger partial charge on any atom is 0.252 e. The number of fused-ring (bicyclic) bond motifs is 40. The van der Waals surface area contributed by atoms with Crippen molar-refractivity contribution in [2.75, 3.05) is 34.3 Å². The zero-order valence-corrected chi connectivity index (χ0v) is 85.3. The monoisotopic (exact) mass is 1890 g/mol. The summed E-state index contributed by atoms with van der Waals surface area (Å²) in [7, 11) is 0. The Balaban J connectivity index is 0.000000132. The number of anilines is 21. The molecule has 0 saturated carbocycles. The molecule has 0 atom stereocenters. The van der Waals surface area contributed by atoms with Crippen LogP contribution in [0.5, 0.6) is 11.5 Å². The molecule has 0 bridgehead atoms. The summed E-state index contributed by atoms with van der Waals surface area (Å²) in [6.45, 7) is 28.6. The van der Waals surface area contributed by atoms with Crippen LogP contribution in [0, 0.1) is 0 Å². The smallest absolute Gasteiger partial charge is 0.252 e. The molecule has 14 aliphatic rings. The predicted molar refractivity (Wildman–Crippen MR) is 637 cm³/mol. The van der Waals surface area contributed by atoms with E-state index in [0.29, 0.717) is 35.5 Å². The number of hydrogen-bond donors (Lipinski definition) is 0. The molecule has 14 heterocycles. The lowest BCUT2D eigenvalue weighted by Gasteiger charge is -2.56. The van der Waals surface area contributed by atoms with E-state index in [4.69, 9.17) is 4.74 Å². The first-order chi connectivity index (χ1) is 72.6. The number of rotatable bonds is 9. The molecule has 0 spiro atoms. The van der Waals surface area contributed by atoms with Gasteiger partial charge in [0.1, 0.15) is 11.5 Å². The summed E-state index contributed by atoms with van der Waals surface area (Å²) in [6.07, 6.45) is 0. The molecule has 16 heteroatoms. The van der Waals surface area contributed by atoms with E-state index in [2.05, 4.69) is 487 Å². The van der Waals surface area contributed by atoms with E-state index in [-0.39, 0.29) is 53.7 Å². The number of para-hydroxylation sites is 13. The highest BCUT2D eigenvalue weighted by molar-refractivity contribution is 7.12. The molecule has 0 N–H and O–H groups in total. The Morgan fingerprint density at radius 3 is 0.628 bits per heavy atom. The summed E-state index contributed by atoms with van der Waals surface area (Å²) in [5.41, 5.74) is 68.5. The predicted octanol–water partition coefficient (Wildman–Crippen LogP) is 16.7. The first-order valence-electron chi connectivity index (χ1n) is 54.2. The van der Waals surface area contributed by atoms with Gasteiger partial charge in [-0.15, -0.1) is 0 Å². The normalized spacial score (nSPS) is 14.8. The Hall–Kier alpha value is -15.9. The lowest BCUT2D eigenvalue weighted by Crippen LogP contribution is -2.75. The molecule has 0 aromatic heterocycles. The van der Waals surface area contributed by atoms with Crippen LogP contribution in [-0.4, -0.2) is 53.7 Å². The van der Waals surface area contributed by atoms with Crippen LogP contribution in [0.15, 0.2) is 370 Å². The van der Waals surface area contributed by atoms with E-state index in [0.717, 1.165) is 11.5 Å². The van der Waals surface area contributed by atoms with Gasteiger partial charge in [0.05, 0.1) is 0 Å². The minimum Gasteiger partial charge on any atom is -0.458 e. The first-order valence-corrected chi connectivity index (χ1v) is 54.2. The Morgan fingerprint density at radius 1 is 0.155 bits per heavy atom. The molecule has 148 heavy (non-hydrogen) atoms. The number of nitrogens with zero attached hydrogens (tertiary/aromatic N) is 7. The molecular formula is C132H103B8N7O. The molecule has 8 nitrogen and oxygen atoms in total. The van der Waals surface area contributed by atoms with Crippen LogP contribution in [-0.2, 0) is 0 Å². The van der Waals surface area contributed by atoms with Crippen molar-refractivity contribution in [1.82, 2.24) is 0 Å². The van der Waals surface area contributed by atoms with Gasteiger partial charge in [-0.25, -0.2) is 0 Å². The molecule has 14 aliphatic heterocycles. The number of ether oxygens (including phenoxy) is 1.